The molecule has 3 rings (SSSR count). The highest BCUT2D eigenvalue weighted by Crippen LogP contribution is 2.31. The highest BCUT2D eigenvalue weighted by atomic mass is 16.5. The van der Waals surface area contributed by atoms with Gasteiger partial charge in [0.25, 0.3) is 5.91 Å². The van der Waals surface area contributed by atoms with E-state index in [0.717, 1.165) is 42.1 Å². The minimum atomic E-state index is 0.0370. The third kappa shape index (κ3) is 4.12. The summed E-state index contributed by atoms with van der Waals surface area (Å²) in [6.07, 6.45) is 2.14. The average Bonchev–Trinajstić information content (AvgIpc) is 3.09. The molecule has 132 valence electrons. The van der Waals surface area contributed by atoms with Crippen molar-refractivity contribution < 1.29 is 19.2 Å². The first-order chi connectivity index (χ1) is 12.2. The molecule has 0 aromatic heterocycles. The van der Waals surface area contributed by atoms with Crippen LogP contribution in [0, 0.1) is 0 Å². The molecule has 1 aliphatic rings. The minimum absolute atomic E-state index is 0.0370. The Bertz CT molecular complexity index is 718. The molecule has 2 atom stereocenters. The summed E-state index contributed by atoms with van der Waals surface area (Å²) in [4.78, 5) is 13.7. The van der Waals surface area contributed by atoms with Gasteiger partial charge in [0.05, 0.1) is 26.3 Å². The molecule has 5 nitrogen and oxygen atoms in total. The van der Waals surface area contributed by atoms with Crippen LogP contribution in [0.2, 0.25) is 0 Å². The molecule has 0 aliphatic carbocycles. The largest absolute Gasteiger partial charge is 0.497 e. The molecule has 0 radical (unpaired) electrons. The van der Waals surface area contributed by atoms with E-state index in [-0.39, 0.29) is 11.9 Å². The van der Waals surface area contributed by atoms with Gasteiger partial charge in [-0.25, -0.2) is 0 Å². The Balaban J connectivity index is 1.73. The Morgan fingerprint density at radius 2 is 1.96 bits per heavy atom. The van der Waals surface area contributed by atoms with E-state index in [0.29, 0.717) is 6.54 Å². The molecule has 5 heteroatoms. The summed E-state index contributed by atoms with van der Waals surface area (Å²) in [5.74, 6) is 1.71. The van der Waals surface area contributed by atoms with Crippen LogP contribution in [-0.2, 0) is 4.79 Å². The van der Waals surface area contributed by atoms with Crippen molar-refractivity contribution in [2.24, 2.45) is 0 Å². The van der Waals surface area contributed by atoms with Crippen LogP contribution in [0.15, 0.2) is 48.5 Å². The molecule has 1 heterocycles. The number of hydrogen-bond donors (Lipinski definition) is 2. The average molecular weight is 341 g/mol. The van der Waals surface area contributed by atoms with Crippen molar-refractivity contribution in [2.75, 3.05) is 32.6 Å². The lowest BCUT2D eigenvalue weighted by atomic mass is 10.0. The molecule has 2 aromatic carbocycles. The maximum absolute atomic E-state index is 12.4. The topological polar surface area (TPSA) is 52.0 Å². The second-order valence-electron chi connectivity index (χ2n) is 6.30. The number of likely N-dealkylation sites (tertiary alicyclic amines) is 1. The Labute approximate surface area is 148 Å². The van der Waals surface area contributed by atoms with Crippen molar-refractivity contribution in [3.05, 3.63) is 54.1 Å². The van der Waals surface area contributed by atoms with E-state index in [9.17, 15) is 4.79 Å². The molecular formula is C20H25N2O3+. The van der Waals surface area contributed by atoms with Crippen LogP contribution in [0.5, 0.6) is 11.5 Å². The number of ether oxygens (including phenoxy) is 2. The van der Waals surface area contributed by atoms with Crippen molar-refractivity contribution in [3.63, 3.8) is 0 Å². The van der Waals surface area contributed by atoms with E-state index in [2.05, 4.69) is 5.32 Å². The van der Waals surface area contributed by atoms with Gasteiger partial charge in [-0.2, -0.15) is 0 Å². The van der Waals surface area contributed by atoms with Gasteiger partial charge in [-0.1, -0.05) is 18.2 Å². The quantitative estimate of drug-likeness (QED) is 0.846. The summed E-state index contributed by atoms with van der Waals surface area (Å²) in [6.45, 7) is 1.42. The summed E-state index contributed by atoms with van der Waals surface area (Å²) >= 11 is 0. The SMILES string of the molecule is COc1ccc(OC)c([C@@H]2CCC[NH+]2CC(=O)Nc2ccccc2)c1. The van der Waals surface area contributed by atoms with Gasteiger partial charge in [0, 0.05) is 18.5 Å². The zero-order chi connectivity index (χ0) is 17.6. The number of benzene rings is 2. The zero-order valence-corrected chi connectivity index (χ0v) is 14.7. The second kappa shape index (κ2) is 8.03. The van der Waals surface area contributed by atoms with Crippen LogP contribution in [0.25, 0.3) is 0 Å². The maximum Gasteiger partial charge on any atom is 0.279 e. The van der Waals surface area contributed by atoms with Gasteiger partial charge >= 0.3 is 0 Å². The predicted octanol–water partition coefficient (Wildman–Crippen LogP) is 2.06. The smallest absolute Gasteiger partial charge is 0.279 e. The number of methoxy groups -OCH3 is 2. The molecule has 1 saturated heterocycles. The molecule has 0 spiro atoms. The molecule has 1 fully saturated rings. The molecule has 1 aliphatic heterocycles. The van der Waals surface area contributed by atoms with Gasteiger partial charge in [0.1, 0.15) is 17.5 Å². The van der Waals surface area contributed by atoms with Crippen molar-refractivity contribution in [3.8, 4) is 11.5 Å². The van der Waals surface area contributed by atoms with Crippen molar-refractivity contribution in [1.29, 1.82) is 0 Å². The predicted molar refractivity (Wildman–Crippen MR) is 97.3 cm³/mol. The number of amides is 1. The van der Waals surface area contributed by atoms with Gasteiger partial charge in [0.15, 0.2) is 6.54 Å². The normalized spacial score (nSPS) is 19.4. The Kier molecular flexibility index (Phi) is 5.56. The highest BCUT2D eigenvalue weighted by molar-refractivity contribution is 5.91. The van der Waals surface area contributed by atoms with E-state index in [4.69, 9.17) is 9.47 Å². The van der Waals surface area contributed by atoms with Crippen LogP contribution >= 0.6 is 0 Å². The number of carbonyl (C=O) groups excluding carboxylic acids is 1. The highest BCUT2D eigenvalue weighted by Gasteiger charge is 2.33. The number of nitrogens with one attached hydrogen (secondary N) is 2. The molecule has 2 aromatic rings. The first kappa shape index (κ1) is 17.3. The molecule has 2 N–H and O–H groups in total. The minimum Gasteiger partial charge on any atom is -0.497 e. The first-order valence-corrected chi connectivity index (χ1v) is 8.62. The van der Waals surface area contributed by atoms with Crippen LogP contribution in [-0.4, -0.2) is 33.2 Å². The fourth-order valence-electron chi connectivity index (χ4n) is 3.54. The Hall–Kier alpha value is -2.53. The molecule has 0 saturated carbocycles. The number of para-hydroxylation sites is 1. The van der Waals surface area contributed by atoms with Crippen LogP contribution < -0.4 is 19.7 Å². The van der Waals surface area contributed by atoms with Gasteiger partial charge in [-0.05, 0) is 30.3 Å². The van der Waals surface area contributed by atoms with Gasteiger partial charge in [-0.3, -0.25) is 4.79 Å². The molecular weight excluding hydrogens is 316 g/mol. The number of quaternary nitrogens is 1. The lowest BCUT2D eigenvalue weighted by Crippen LogP contribution is -3.11. The lowest BCUT2D eigenvalue weighted by molar-refractivity contribution is -0.910. The summed E-state index contributed by atoms with van der Waals surface area (Å²) in [5, 5.41) is 2.98. The first-order valence-electron chi connectivity index (χ1n) is 8.62. The number of hydrogen-bond acceptors (Lipinski definition) is 3. The lowest BCUT2D eigenvalue weighted by Gasteiger charge is -2.23. The second-order valence-corrected chi connectivity index (χ2v) is 6.30. The summed E-state index contributed by atoms with van der Waals surface area (Å²) in [5.41, 5.74) is 1.95. The van der Waals surface area contributed by atoms with Gasteiger partial charge in [-0.15, -0.1) is 0 Å². The van der Waals surface area contributed by atoms with E-state index >= 15 is 0 Å². The third-order valence-electron chi connectivity index (χ3n) is 4.74. The maximum atomic E-state index is 12.4. The molecule has 1 amide bonds. The number of anilines is 1. The fourth-order valence-corrected chi connectivity index (χ4v) is 3.54. The van der Waals surface area contributed by atoms with Gasteiger partial charge in [0.2, 0.25) is 0 Å². The summed E-state index contributed by atoms with van der Waals surface area (Å²) < 4.78 is 10.9. The zero-order valence-electron chi connectivity index (χ0n) is 14.7. The molecule has 1 unspecified atom stereocenters. The van der Waals surface area contributed by atoms with Crippen LogP contribution in [0.3, 0.4) is 0 Å². The monoisotopic (exact) mass is 341 g/mol. The van der Waals surface area contributed by atoms with Gasteiger partial charge < -0.3 is 19.7 Å². The third-order valence-corrected chi connectivity index (χ3v) is 4.74. The molecule has 25 heavy (non-hydrogen) atoms. The van der Waals surface area contributed by atoms with Crippen LogP contribution in [0.4, 0.5) is 5.69 Å². The van der Waals surface area contributed by atoms with E-state index in [1.54, 1.807) is 14.2 Å². The van der Waals surface area contributed by atoms with Crippen molar-refractivity contribution in [1.82, 2.24) is 0 Å². The van der Waals surface area contributed by atoms with E-state index in [1.165, 1.54) is 4.90 Å². The number of rotatable bonds is 6. The van der Waals surface area contributed by atoms with E-state index in [1.807, 2.05) is 48.5 Å². The van der Waals surface area contributed by atoms with Crippen molar-refractivity contribution in [2.45, 2.75) is 18.9 Å². The summed E-state index contributed by atoms with van der Waals surface area (Å²) in [6, 6.07) is 15.7. The Morgan fingerprint density at radius 3 is 2.68 bits per heavy atom. The molecule has 0 bridgehead atoms. The Morgan fingerprint density at radius 1 is 1.16 bits per heavy atom. The number of carbonyl (C=O) groups is 1. The van der Waals surface area contributed by atoms with Crippen molar-refractivity contribution >= 4 is 11.6 Å². The standard InChI is InChI=1S/C20H24N2O3/c1-24-16-10-11-19(25-2)17(13-16)18-9-6-12-22(18)14-20(23)21-15-7-4-3-5-8-15/h3-5,7-8,10-11,13,18H,6,9,12,14H2,1-2H3,(H,21,23)/p+1/t18-/m0/s1. The fraction of sp³-hybridized carbons (Fsp3) is 0.350. The van der Waals surface area contributed by atoms with E-state index < -0.39 is 0 Å². The summed E-state index contributed by atoms with van der Waals surface area (Å²) in [7, 11) is 3.35. The van der Waals surface area contributed by atoms with Crippen LogP contribution in [0.1, 0.15) is 24.4 Å².